The van der Waals surface area contributed by atoms with Crippen molar-refractivity contribution in [2.45, 2.75) is 90.4 Å². The molecule has 0 bridgehead atoms. The summed E-state index contributed by atoms with van der Waals surface area (Å²) < 4.78 is 24.9. The summed E-state index contributed by atoms with van der Waals surface area (Å²) in [5.74, 6) is -0.620. The maximum absolute atomic E-state index is 13.2. The molecule has 1 atom stereocenters. The number of carbonyl (C=O) groups is 2. The first kappa shape index (κ1) is 29.7. The summed E-state index contributed by atoms with van der Waals surface area (Å²) in [5.41, 5.74) is 0. The van der Waals surface area contributed by atoms with Gasteiger partial charge in [-0.15, -0.1) is 0 Å². The molecular formula is C19H45NO6Si4. The molecule has 0 fully saturated rings. The molecule has 0 aliphatic carbocycles. The number of hydrogen-bond donors (Lipinski definition) is 0. The van der Waals surface area contributed by atoms with Gasteiger partial charge in [0, 0.05) is 14.2 Å². The van der Waals surface area contributed by atoms with Gasteiger partial charge in [0.1, 0.15) is 14.3 Å². The highest BCUT2D eigenvalue weighted by Gasteiger charge is 2.40. The van der Waals surface area contributed by atoms with Crippen LogP contribution in [0.1, 0.15) is 12.8 Å². The van der Waals surface area contributed by atoms with Gasteiger partial charge in [-0.05, 0) is 64.8 Å². The molecule has 0 spiro atoms. The van der Waals surface area contributed by atoms with Crippen LogP contribution in [0.3, 0.4) is 0 Å². The lowest BCUT2D eigenvalue weighted by molar-refractivity contribution is -0.146. The highest BCUT2D eigenvalue weighted by molar-refractivity contribution is 6.74. The Bertz CT molecular complexity index is 565. The standard InChI is InChI=1S/C19H45NO6Si4/c1-23-30(12,24-2)15-13-14-20(27(3,4)5)17(19(22)26-29(9,10)11)16-18(21)25-28(6,7)8/h17H,13-16H2,1-12H3. The number of carbonyl (C=O) groups excluding carboxylic acids is 2. The first-order valence-corrected chi connectivity index (χ1v) is 23.4. The number of hydrogen-bond acceptors (Lipinski definition) is 7. The van der Waals surface area contributed by atoms with Gasteiger partial charge < -0.3 is 22.3 Å². The predicted octanol–water partition coefficient (Wildman–Crippen LogP) is 4.39. The van der Waals surface area contributed by atoms with Gasteiger partial charge in [-0.1, -0.05) is 19.6 Å². The van der Waals surface area contributed by atoms with Gasteiger partial charge in [0.25, 0.3) is 5.97 Å². The maximum Gasteiger partial charge on any atom is 0.334 e. The molecule has 0 aromatic rings. The van der Waals surface area contributed by atoms with Crippen LogP contribution in [0.2, 0.25) is 71.5 Å². The summed E-state index contributed by atoms with van der Waals surface area (Å²) in [6.45, 7) is 21.1. The monoisotopic (exact) mass is 495 g/mol. The zero-order chi connectivity index (χ0) is 24.0. The van der Waals surface area contributed by atoms with E-state index >= 15 is 0 Å². The van der Waals surface area contributed by atoms with Crippen LogP contribution in [0.5, 0.6) is 0 Å². The van der Waals surface area contributed by atoms with E-state index in [4.69, 9.17) is 17.7 Å². The van der Waals surface area contributed by atoms with Crippen LogP contribution in [0.4, 0.5) is 0 Å². The second kappa shape index (κ2) is 11.5. The van der Waals surface area contributed by atoms with E-state index in [2.05, 4.69) is 24.2 Å². The molecular weight excluding hydrogens is 451 g/mol. The zero-order valence-corrected chi connectivity index (χ0v) is 25.3. The SMILES string of the molecule is CO[Si](C)(CCCN(C(CC(=O)O[Si](C)(C)C)C(=O)O[Si](C)(C)C)[Si](C)(C)C)OC. The van der Waals surface area contributed by atoms with E-state index in [9.17, 15) is 9.59 Å². The van der Waals surface area contributed by atoms with Gasteiger partial charge in [-0.25, -0.2) is 0 Å². The third-order valence-electron chi connectivity index (χ3n) is 4.59. The lowest BCUT2D eigenvalue weighted by atomic mass is 10.2. The van der Waals surface area contributed by atoms with Crippen molar-refractivity contribution in [2.75, 3.05) is 20.8 Å². The maximum atomic E-state index is 13.2. The van der Waals surface area contributed by atoms with Gasteiger partial charge in [-0.3, -0.25) is 9.59 Å². The van der Waals surface area contributed by atoms with Crippen molar-refractivity contribution in [3.05, 3.63) is 0 Å². The van der Waals surface area contributed by atoms with E-state index in [1.165, 1.54) is 0 Å². The molecule has 11 heteroatoms. The molecule has 0 radical (unpaired) electrons. The summed E-state index contributed by atoms with van der Waals surface area (Å²) in [5, 5.41) is 0. The van der Waals surface area contributed by atoms with E-state index < -0.39 is 39.5 Å². The molecule has 178 valence electrons. The van der Waals surface area contributed by atoms with E-state index in [1.807, 2.05) is 45.8 Å². The van der Waals surface area contributed by atoms with Crippen LogP contribution in [0.15, 0.2) is 0 Å². The zero-order valence-electron chi connectivity index (χ0n) is 21.3. The first-order valence-electron chi connectivity index (χ1n) is 10.7. The minimum Gasteiger partial charge on any atom is -0.520 e. The fourth-order valence-corrected chi connectivity index (χ4v) is 7.89. The third kappa shape index (κ3) is 11.9. The second-order valence-electron chi connectivity index (χ2n) is 10.8. The number of rotatable bonds is 13. The quantitative estimate of drug-likeness (QED) is 0.351. The largest absolute Gasteiger partial charge is 0.520 e. The molecule has 0 amide bonds. The van der Waals surface area contributed by atoms with Crippen LogP contribution in [0.25, 0.3) is 0 Å². The lowest BCUT2D eigenvalue weighted by Gasteiger charge is -2.40. The van der Waals surface area contributed by atoms with Crippen LogP contribution in [0, 0.1) is 0 Å². The molecule has 1 unspecified atom stereocenters. The molecule has 0 aliphatic rings. The van der Waals surface area contributed by atoms with Crippen molar-refractivity contribution < 1.29 is 27.3 Å². The summed E-state index contributed by atoms with van der Waals surface area (Å²) in [7, 11) is -4.90. The van der Waals surface area contributed by atoms with Crippen LogP contribution in [-0.4, -0.2) is 76.7 Å². The van der Waals surface area contributed by atoms with E-state index in [-0.39, 0.29) is 18.4 Å². The minimum absolute atomic E-state index is 0.0289. The van der Waals surface area contributed by atoms with Gasteiger partial charge in [0.2, 0.25) is 16.6 Å². The molecule has 7 nitrogen and oxygen atoms in total. The smallest absolute Gasteiger partial charge is 0.334 e. The molecule has 0 aromatic heterocycles. The fourth-order valence-electron chi connectivity index (χ4n) is 3.05. The summed E-state index contributed by atoms with van der Waals surface area (Å²) in [4.78, 5) is 25.8. The Kier molecular flexibility index (Phi) is 11.4. The Balaban J connectivity index is 5.69. The van der Waals surface area contributed by atoms with E-state index in [0.717, 1.165) is 12.5 Å². The summed E-state index contributed by atoms with van der Waals surface area (Å²) >= 11 is 0. The molecule has 0 aliphatic heterocycles. The van der Waals surface area contributed by atoms with Crippen molar-refractivity contribution in [1.29, 1.82) is 0 Å². The molecule has 0 saturated heterocycles. The lowest BCUT2D eigenvalue weighted by Crippen LogP contribution is -2.57. The average Bonchev–Trinajstić information content (AvgIpc) is 2.52. The van der Waals surface area contributed by atoms with E-state index in [0.29, 0.717) is 6.54 Å². The van der Waals surface area contributed by atoms with E-state index in [1.54, 1.807) is 14.2 Å². The summed E-state index contributed by atoms with van der Waals surface area (Å²) in [6, 6.07) is 0.195. The molecule has 0 aromatic carbocycles. The van der Waals surface area contributed by atoms with Crippen molar-refractivity contribution in [1.82, 2.24) is 4.57 Å². The molecule has 0 N–H and O–H groups in total. The molecule has 0 saturated carbocycles. The fraction of sp³-hybridized carbons (Fsp3) is 0.895. The minimum atomic E-state index is -2.19. The molecule has 30 heavy (non-hydrogen) atoms. The molecule has 0 rings (SSSR count). The van der Waals surface area contributed by atoms with Crippen molar-refractivity contribution in [3.63, 3.8) is 0 Å². The molecule has 0 heterocycles. The van der Waals surface area contributed by atoms with Crippen molar-refractivity contribution in [3.8, 4) is 0 Å². The topological polar surface area (TPSA) is 74.3 Å². The normalized spacial score (nSPS) is 14.6. The van der Waals surface area contributed by atoms with Gasteiger partial charge in [0.05, 0.1) is 6.42 Å². The Morgan fingerprint density at radius 3 is 1.63 bits per heavy atom. The Hall–Kier alpha value is -0.312. The highest BCUT2D eigenvalue weighted by Crippen LogP contribution is 2.23. The van der Waals surface area contributed by atoms with Crippen molar-refractivity contribution in [2.24, 2.45) is 0 Å². The van der Waals surface area contributed by atoms with Crippen LogP contribution >= 0.6 is 0 Å². The van der Waals surface area contributed by atoms with Crippen LogP contribution < -0.4 is 0 Å². The second-order valence-corrected chi connectivity index (χ2v) is 28.2. The number of nitrogens with zero attached hydrogens (tertiary/aromatic N) is 1. The Labute approximate surface area is 188 Å². The predicted molar refractivity (Wildman–Crippen MR) is 132 cm³/mol. The summed E-state index contributed by atoms with van der Waals surface area (Å²) in [6.07, 6.45) is 0.857. The Morgan fingerprint density at radius 1 is 0.800 bits per heavy atom. The van der Waals surface area contributed by atoms with Crippen LogP contribution in [-0.2, 0) is 27.3 Å². The van der Waals surface area contributed by atoms with Crippen molar-refractivity contribution >= 4 is 45.4 Å². The first-order chi connectivity index (χ1) is 13.3. The Morgan fingerprint density at radius 2 is 1.27 bits per heavy atom. The third-order valence-corrected chi connectivity index (χ3v) is 11.5. The average molecular weight is 496 g/mol. The van der Waals surface area contributed by atoms with Gasteiger partial charge in [0.15, 0.2) is 0 Å². The van der Waals surface area contributed by atoms with Gasteiger partial charge in [-0.2, -0.15) is 0 Å². The van der Waals surface area contributed by atoms with Gasteiger partial charge >= 0.3 is 14.5 Å². The highest BCUT2D eigenvalue weighted by atomic mass is 28.4.